The minimum absolute atomic E-state index is 0.327. The number of aromatic amines is 1. The first kappa shape index (κ1) is 19.4. The Morgan fingerprint density at radius 2 is 1.51 bits per heavy atom. The average Bonchev–Trinajstić information content (AvgIpc) is 3.27. The molecule has 0 amide bonds. The number of benzene rings is 4. The summed E-state index contributed by atoms with van der Waals surface area (Å²) < 4.78 is 2.01. The fraction of sp³-hybridized carbons (Fsp3) is 0. The molecule has 3 N–H and O–H groups in total. The van der Waals surface area contributed by atoms with Gasteiger partial charge in [0.05, 0.1) is 33.2 Å². The lowest BCUT2D eigenvalue weighted by Crippen LogP contribution is -2.20. The molecule has 3 aromatic heterocycles. The fourth-order valence-electron chi connectivity index (χ4n) is 4.98. The molecular weight excluding hydrogens is 438 g/mol. The van der Waals surface area contributed by atoms with E-state index in [4.69, 9.17) is 10.7 Å². The topological polar surface area (TPSA) is 106 Å². The van der Waals surface area contributed by atoms with Crippen molar-refractivity contribution in [3.8, 4) is 0 Å². The molecular formula is C28H17N5O2. The van der Waals surface area contributed by atoms with E-state index in [1.165, 1.54) is 0 Å². The van der Waals surface area contributed by atoms with Crippen LogP contribution in [0.5, 0.6) is 0 Å². The van der Waals surface area contributed by atoms with Crippen LogP contribution in [0, 0.1) is 0 Å². The maximum Gasteiger partial charge on any atom is 0.258 e. The molecule has 7 heteroatoms. The molecule has 0 saturated carbocycles. The average molecular weight is 455 g/mol. The third-order valence-corrected chi connectivity index (χ3v) is 6.51. The molecule has 35 heavy (non-hydrogen) atoms. The summed E-state index contributed by atoms with van der Waals surface area (Å²) in [6.45, 7) is 0. The van der Waals surface area contributed by atoms with Crippen molar-refractivity contribution >= 4 is 60.7 Å². The van der Waals surface area contributed by atoms with Gasteiger partial charge in [-0.15, -0.1) is 0 Å². The van der Waals surface area contributed by atoms with Crippen LogP contribution < -0.4 is 16.9 Å². The van der Waals surface area contributed by atoms with E-state index >= 15 is 0 Å². The Morgan fingerprint density at radius 1 is 0.771 bits per heavy atom. The molecule has 0 radical (unpaired) electrons. The van der Waals surface area contributed by atoms with E-state index in [0.717, 1.165) is 33.0 Å². The highest BCUT2D eigenvalue weighted by Gasteiger charge is 2.19. The molecule has 0 saturated heterocycles. The number of aromatic nitrogens is 3. The molecule has 7 rings (SSSR count). The van der Waals surface area contributed by atoms with Crippen molar-refractivity contribution in [3.63, 3.8) is 0 Å². The molecule has 7 nitrogen and oxygen atoms in total. The number of hydrogen-bond acceptors (Lipinski definition) is 4. The second-order valence-electron chi connectivity index (χ2n) is 8.52. The Kier molecular flexibility index (Phi) is 3.87. The normalized spacial score (nSPS) is 12.5. The van der Waals surface area contributed by atoms with E-state index in [1.54, 1.807) is 6.07 Å². The van der Waals surface area contributed by atoms with Crippen molar-refractivity contribution < 1.29 is 0 Å². The SMILES string of the molecule is NC(=Nc1ccccc1)c1cc2c3cccc4c(=O)[nH]c(=O)c(cc2n2c1nc1ccccc12)c43. The first-order valence-electron chi connectivity index (χ1n) is 11.1. The summed E-state index contributed by atoms with van der Waals surface area (Å²) in [6.07, 6.45) is 0. The minimum Gasteiger partial charge on any atom is -0.383 e. The molecule has 0 fully saturated rings. The van der Waals surface area contributed by atoms with Crippen molar-refractivity contribution in [2.75, 3.05) is 0 Å². The zero-order chi connectivity index (χ0) is 23.7. The van der Waals surface area contributed by atoms with Crippen molar-refractivity contribution in [1.29, 1.82) is 0 Å². The molecule has 0 unspecified atom stereocenters. The number of pyridine rings is 2. The van der Waals surface area contributed by atoms with Crippen LogP contribution in [0.15, 0.2) is 99.5 Å². The van der Waals surface area contributed by atoms with Crippen molar-refractivity contribution in [3.05, 3.63) is 111 Å². The number of nitrogens with zero attached hydrogens (tertiary/aromatic N) is 3. The van der Waals surface area contributed by atoms with E-state index in [1.807, 2.05) is 83.3 Å². The van der Waals surface area contributed by atoms with Gasteiger partial charge in [0.15, 0.2) is 0 Å². The van der Waals surface area contributed by atoms with Crippen LogP contribution >= 0.6 is 0 Å². The van der Waals surface area contributed by atoms with Gasteiger partial charge < -0.3 is 5.73 Å². The lowest BCUT2D eigenvalue weighted by Gasteiger charge is -2.13. The number of imidazole rings is 1. The molecule has 7 aromatic rings. The zero-order valence-electron chi connectivity index (χ0n) is 18.3. The Morgan fingerprint density at radius 3 is 2.37 bits per heavy atom. The molecule has 0 aliphatic heterocycles. The fourth-order valence-corrected chi connectivity index (χ4v) is 4.98. The number of H-pyrrole nitrogens is 1. The molecule has 0 aliphatic rings. The van der Waals surface area contributed by atoms with Crippen LogP contribution in [-0.4, -0.2) is 20.2 Å². The summed E-state index contributed by atoms with van der Waals surface area (Å²) in [6, 6.07) is 26.6. The number of nitrogens with one attached hydrogen (secondary N) is 1. The van der Waals surface area contributed by atoms with Crippen molar-refractivity contribution in [2.45, 2.75) is 0 Å². The Labute approximate surface area is 197 Å². The largest absolute Gasteiger partial charge is 0.383 e. The number of rotatable bonds is 2. The van der Waals surface area contributed by atoms with Gasteiger partial charge in [0.2, 0.25) is 0 Å². The van der Waals surface area contributed by atoms with Crippen LogP contribution in [0.2, 0.25) is 0 Å². The van der Waals surface area contributed by atoms with Crippen LogP contribution in [0.25, 0.3) is 49.1 Å². The second-order valence-corrected chi connectivity index (χ2v) is 8.52. The van der Waals surface area contributed by atoms with Gasteiger partial charge in [0.25, 0.3) is 11.1 Å². The number of hydrogen-bond donors (Lipinski definition) is 2. The molecule has 0 bridgehead atoms. The quantitative estimate of drug-likeness (QED) is 0.174. The molecule has 0 aliphatic carbocycles. The second kappa shape index (κ2) is 6.98. The number of nitrogens with two attached hydrogens (primary N) is 1. The highest BCUT2D eigenvalue weighted by Crippen LogP contribution is 2.34. The van der Waals surface area contributed by atoms with E-state index < -0.39 is 11.1 Å². The molecule has 0 atom stereocenters. The molecule has 4 aromatic carbocycles. The van der Waals surface area contributed by atoms with Gasteiger partial charge in [-0.3, -0.25) is 19.0 Å². The Bertz CT molecular complexity index is 2110. The first-order chi connectivity index (χ1) is 17.1. The molecule has 0 spiro atoms. The highest BCUT2D eigenvalue weighted by atomic mass is 16.2. The van der Waals surface area contributed by atoms with Gasteiger partial charge >= 0.3 is 0 Å². The first-order valence-corrected chi connectivity index (χ1v) is 11.1. The summed E-state index contributed by atoms with van der Waals surface area (Å²) >= 11 is 0. The summed E-state index contributed by atoms with van der Waals surface area (Å²) in [4.78, 5) is 37.4. The third kappa shape index (κ3) is 2.72. The van der Waals surface area contributed by atoms with Crippen LogP contribution in [-0.2, 0) is 0 Å². The van der Waals surface area contributed by atoms with Gasteiger partial charge in [-0.05, 0) is 47.9 Å². The van der Waals surface area contributed by atoms with Gasteiger partial charge in [-0.1, -0.05) is 42.5 Å². The summed E-state index contributed by atoms with van der Waals surface area (Å²) in [5, 5.41) is 3.22. The highest BCUT2D eigenvalue weighted by molar-refractivity contribution is 6.22. The number of aliphatic imine (C=N–C) groups is 1. The third-order valence-electron chi connectivity index (χ3n) is 6.51. The van der Waals surface area contributed by atoms with Crippen LogP contribution in [0.3, 0.4) is 0 Å². The van der Waals surface area contributed by atoms with E-state index in [2.05, 4.69) is 9.98 Å². The number of fused-ring (bicyclic) bond motifs is 6. The summed E-state index contributed by atoms with van der Waals surface area (Å²) in [5.74, 6) is 0.327. The maximum absolute atomic E-state index is 12.8. The number of amidine groups is 1. The van der Waals surface area contributed by atoms with Crippen LogP contribution in [0.4, 0.5) is 5.69 Å². The molecule has 166 valence electrons. The summed E-state index contributed by atoms with van der Waals surface area (Å²) in [7, 11) is 0. The van der Waals surface area contributed by atoms with E-state index in [-0.39, 0.29) is 0 Å². The maximum atomic E-state index is 12.8. The monoisotopic (exact) mass is 455 g/mol. The predicted octanol–water partition coefficient (Wildman–Crippen LogP) is 4.47. The number of para-hydroxylation sites is 3. The van der Waals surface area contributed by atoms with Crippen LogP contribution in [0.1, 0.15) is 5.56 Å². The predicted molar refractivity (Wildman–Crippen MR) is 140 cm³/mol. The lowest BCUT2D eigenvalue weighted by atomic mass is 9.97. The van der Waals surface area contributed by atoms with Gasteiger partial charge in [-0.25, -0.2) is 9.98 Å². The van der Waals surface area contributed by atoms with Crippen molar-refractivity contribution in [1.82, 2.24) is 14.4 Å². The van der Waals surface area contributed by atoms with E-state index in [9.17, 15) is 9.59 Å². The smallest absolute Gasteiger partial charge is 0.258 e. The lowest BCUT2D eigenvalue weighted by molar-refractivity contribution is 1.22. The Balaban J connectivity index is 1.73. The standard InChI is InChI=1S/C28H17N5O2/c29-25(30-15-7-2-1-3-8-15)20-13-18-16-9-6-10-17-24(16)19(28(35)32-27(17)34)14-23(18)33-22-12-5-4-11-21(22)31-26(20)33/h1-14H,(H2,29,30)(H,32,34,35). The van der Waals surface area contributed by atoms with Crippen molar-refractivity contribution in [2.24, 2.45) is 10.7 Å². The zero-order valence-corrected chi connectivity index (χ0v) is 18.3. The van der Waals surface area contributed by atoms with E-state index in [0.29, 0.717) is 33.2 Å². The van der Waals surface area contributed by atoms with Gasteiger partial charge in [-0.2, -0.15) is 0 Å². The Hall–Kier alpha value is -5.04. The summed E-state index contributed by atoms with van der Waals surface area (Å²) in [5.41, 5.74) is 10.3. The molecule has 3 heterocycles. The minimum atomic E-state index is -0.410. The van der Waals surface area contributed by atoms with Gasteiger partial charge in [0.1, 0.15) is 11.5 Å². The van der Waals surface area contributed by atoms with Gasteiger partial charge in [0, 0.05) is 16.2 Å².